The van der Waals surface area contributed by atoms with E-state index < -0.39 is 35.7 Å². The summed E-state index contributed by atoms with van der Waals surface area (Å²) in [5.41, 5.74) is -0.121. The van der Waals surface area contributed by atoms with E-state index in [0.29, 0.717) is 13.0 Å². The number of rotatable bonds is 7. The summed E-state index contributed by atoms with van der Waals surface area (Å²) in [6.07, 6.45) is 4.85. The van der Waals surface area contributed by atoms with Gasteiger partial charge < -0.3 is 20.9 Å². The number of halogens is 2. The van der Waals surface area contributed by atoms with Crippen molar-refractivity contribution < 1.29 is 23.2 Å². The second kappa shape index (κ2) is 10.6. The van der Waals surface area contributed by atoms with Crippen molar-refractivity contribution >= 4 is 23.4 Å². The smallest absolute Gasteiger partial charge is 0.245 e. The van der Waals surface area contributed by atoms with E-state index in [2.05, 4.69) is 22.0 Å². The first kappa shape index (κ1) is 24.9. The van der Waals surface area contributed by atoms with Crippen LogP contribution in [-0.4, -0.2) is 53.3 Å². The lowest BCUT2D eigenvalue weighted by atomic mass is 9.74. The molecule has 3 aliphatic heterocycles. The molecule has 0 unspecified atom stereocenters. The molecule has 4 atom stereocenters. The molecular weight excluding hydrogens is 456 g/mol. The largest absolute Gasteiger partial charge is 0.371 e. The minimum Gasteiger partial charge on any atom is -0.371 e. The van der Waals surface area contributed by atoms with Gasteiger partial charge >= 0.3 is 0 Å². The molecule has 2 bridgehead atoms. The van der Waals surface area contributed by atoms with Gasteiger partial charge in [0, 0.05) is 18.5 Å². The summed E-state index contributed by atoms with van der Waals surface area (Å²) in [6.45, 7) is 2.18. The van der Waals surface area contributed by atoms with Crippen LogP contribution in [0.25, 0.3) is 0 Å². The Hall–Kier alpha value is -3.22. The van der Waals surface area contributed by atoms with Crippen LogP contribution in [0.4, 0.5) is 14.5 Å². The van der Waals surface area contributed by atoms with Gasteiger partial charge in [0.1, 0.15) is 29.8 Å². The molecule has 0 spiro atoms. The lowest BCUT2D eigenvalue weighted by Crippen LogP contribution is -2.65. The zero-order valence-electron chi connectivity index (χ0n) is 19.7. The number of carbonyl (C=O) groups excluding carboxylic acids is 3. The Labute approximate surface area is 203 Å². The van der Waals surface area contributed by atoms with Crippen LogP contribution in [0.5, 0.6) is 0 Å². The maximum Gasteiger partial charge on any atom is 0.245 e. The Morgan fingerprint density at radius 2 is 1.97 bits per heavy atom. The molecule has 1 aromatic rings. The van der Waals surface area contributed by atoms with Gasteiger partial charge in [-0.05, 0) is 76.0 Å². The molecule has 0 aromatic heterocycles. The predicted octanol–water partition coefficient (Wildman–Crippen LogP) is 2.46. The molecule has 3 heterocycles. The number of hydrogen-bond donors (Lipinski definition) is 3. The molecule has 10 heteroatoms. The average Bonchev–Trinajstić information content (AvgIpc) is 2.86. The number of piperidine rings is 3. The topological polar surface area (TPSA) is 114 Å². The van der Waals surface area contributed by atoms with E-state index in [-0.39, 0.29) is 41.8 Å². The second-order valence-corrected chi connectivity index (χ2v) is 9.81. The Bertz CT molecular complexity index is 1020. The number of nitrogens with one attached hydrogen (secondary N) is 3. The summed E-state index contributed by atoms with van der Waals surface area (Å²) in [7, 11) is 0. The monoisotopic (exact) mass is 487 g/mol. The van der Waals surface area contributed by atoms with Gasteiger partial charge in [0.25, 0.3) is 0 Å². The number of carbonyl (C=O) groups is 3. The van der Waals surface area contributed by atoms with Crippen molar-refractivity contribution in [2.24, 2.45) is 11.8 Å². The molecule has 0 radical (unpaired) electrons. The highest BCUT2D eigenvalue weighted by atomic mass is 19.1. The molecule has 4 fully saturated rings. The van der Waals surface area contributed by atoms with Gasteiger partial charge in [-0.3, -0.25) is 14.4 Å². The third-order valence-corrected chi connectivity index (χ3v) is 7.47. The minimum absolute atomic E-state index is 0.0422. The van der Waals surface area contributed by atoms with Gasteiger partial charge in [-0.25, -0.2) is 8.78 Å². The Morgan fingerprint density at radius 3 is 2.66 bits per heavy atom. The SMILES string of the molecule is C[C@H](Nc1cc(F)ccc1F)C(=O)N1C2CCC(CC2)[C@@H]1C(=O)N[C@H](C#N)C[C@H]1CCCNC1=O. The minimum atomic E-state index is -0.890. The number of fused-ring (bicyclic) bond motifs is 3. The predicted molar refractivity (Wildman–Crippen MR) is 124 cm³/mol. The molecule has 3 N–H and O–H groups in total. The molecule has 35 heavy (non-hydrogen) atoms. The van der Waals surface area contributed by atoms with Crippen molar-refractivity contribution in [1.82, 2.24) is 15.5 Å². The van der Waals surface area contributed by atoms with E-state index in [9.17, 15) is 28.4 Å². The van der Waals surface area contributed by atoms with E-state index in [4.69, 9.17) is 0 Å². The van der Waals surface area contributed by atoms with E-state index in [1.54, 1.807) is 11.8 Å². The number of hydrogen-bond acceptors (Lipinski definition) is 5. The fraction of sp³-hybridized carbons (Fsp3) is 0.600. The third-order valence-electron chi connectivity index (χ3n) is 7.47. The van der Waals surface area contributed by atoms with E-state index >= 15 is 0 Å². The Balaban J connectivity index is 1.47. The van der Waals surface area contributed by atoms with Crippen LogP contribution in [0.1, 0.15) is 51.9 Å². The lowest BCUT2D eigenvalue weighted by molar-refractivity contribution is -0.154. The summed E-state index contributed by atoms with van der Waals surface area (Å²) in [6, 6.07) is 2.46. The number of nitriles is 1. The van der Waals surface area contributed by atoms with Crippen molar-refractivity contribution in [2.45, 2.75) is 76.0 Å². The summed E-state index contributed by atoms with van der Waals surface area (Å²) >= 11 is 0. The molecule has 1 aliphatic carbocycles. The van der Waals surface area contributed by atoms with E-state index in [1.807, 2.05) is 0 Å². The van der Waals surface area contributed by atoms with Crippen LogP contribution in [0, 0.1) is 34.8 Å². The van der Waals surface area contributed by atoms with Gasteiger partial charge in [-0.1, -0.05) is 0 Å². The van der Waals surface area contributed by atoms with Crippen LogP contribution in [0.3, 0.4) is 0 Å². The average molecular weight is 488 g/mol. The molecule has 8 nitrogen and oxygen atoms in total. The highest BCUT2D eigenvalue weighted by molar-refractivity contribution is 5.92. The zero-order chi connectivity index (χ0) is 25.1. The fourth-order valence-electron chi connectivity index (χ4n) is 5.68. The van der Waals surface area contributed by atoms with Crippen LogP contribution in [0.2, 0.25) is 0 Å². The number of benzene rings is 1. The first-order valence-corrected chi connectivity index (χ1v) is 12.3. The summed E-state index contributed by atoms with van der Waals surface area (Å²) < 4.78 is 27.7. The lowest BCUT2D eigenvalue weighted by Gasteiger charge is -2.51. The molecule has 1 saturated carbocycles. The molecule has 4 aliphatic rings. The van der Waals surface area contributed by atoms with Gasteiger partial charge in [0.2, 0.25) is 17.7 Å². The molecular formula is C25H31F2N5O3. The zero-order valence-corrected chi connectivity index (χ0v) is 19.7. The van der Waals surface area contributed by atoms with Crippen molar-refractivity contribution in [3.63, 3.8) is 0 Å². The first-order valence-electron chi connectivity index (χ1n) is 12.3. The van der Waals surface area contributed by atoms with Crippen LogP contribution in [0.15, 0.2) is 18.2 Å². The fourth-order valence-corrected chi connectivity index (χ4v) is 5.68. The highest BCUT2D eigenvalue weighted by Crippen LogP contribution is 2.40. The quantitative estimate of drug-likeness (QED) is 0.547. The maximum absolute atomic E-state index is 14.1. The summed E-state index contributed by atoms with van der Waals surface area (Å²) in [5, 5.41) is 18.0. The Kier molecular flexibility index (Phi) is 7.53. The maximum atomic E-state index is 14.1. The van der Waals surface area contributed by atoms with Crippen LogP contribution in [-0.2, 0) is 14.4 Å². The molecule has 188 valence electrons. The third kappa shape index (κ3) is 5.39. The summed E-state index contributed by atoms with van der Waals surface area (Å²) in [4.78, 5) is 40.5. The normalized spacial score (nSPS) is 27.4. The van der Waals surface area contributed by atoms with Crippen molar-refractivity contribution in [3.05, 3.63) is 29.8 Å². The first-order chi connectivity index (χ1) is 16.8. The number of anilines is 1. The van der Waals surface area contributed by atoms with Gasteiger partial charge in [-0.2, -0.15) is 5.26 Å². The molecule has 3 amide bonds. The van der Waals surface area contributed by atoms with Gasteiger partial charge in [-0.15, -0.1) is 0 Å². The van der Waals surface area contributed by atoms with Crippen LogP contribution < -0.4 is 16.0 Å². The Morgan fingerprint density at radius 1 is 1.23 bits per heavy atom. The molecule has 5 rings (SSSR count). The summed E-state index contributed by atoms with van der Waals surface area (Å²) in [5.74, 6) is -2.56. The van der Waals surface area contributed by atoms with Crippen molar-refractivity contribution in [3.8, 4) is 6.07 Å². The van der Waals surface area contributed by atoms with Crippen molar-refractivity contribution in [1.29, 1.82) is 5.26 Å². The van der Waals surface area contributed by atoms with Gasteiger partial charge in [0.05, 0.1) is 11.8 Å². The second-order valence-electron chi connectivity index (χ2n) is 9.81. The van der Waals surface area contributed by atoms with Crippen LogP contribution >= 0.6 is 0 Å². The highest BCUT2D eigenvalue weighted by Gasteiger charge is 2.48. The molecule has 3 saturated heterocycles. The standard InChI is InChI=1S/C25H31F2N5O3/c1-14(30-21-12-17(26)6-9-20(21)27)25(35)32-19-7-4-15(5-8-19)22(32)24(34)31-18(13-28)11-16-3-2-10-29-23(16)33/h6,9,12,14-16,18-19,22,30H,2-5,7-8,10-11H2,1H3,(H,29,33)(H,31,34)/t14-,15?,16+,18-,19?,22+/m0/s1. The van der Waals surface area contributed by atoms with E-state index in [0.717, 1.165) is 50.3 Å². The van der Waals surface area contributed by atoms with E-state index in [1.165, 1.54) is 0 Å². The number of nitrogens with zero attached hydrogens (tertiary/aromatic N) is 2. The van der Waals surface area contributed by atoms with Crippen molar-refractivity contribution in [2.75, 3.05) is 11.9 Å². The van der Waals surface area contributed by atoms with Gasteiger partial charge in [0.15, 0.2) is 0 Å². The molecule has 1 aromatic carbocycles. The number of amides is 3.